The number of methoxy groups -OCH3 is 3. The first kappa shape index (κ1) is 16.1. The summed E-state index contributed by atoms with van der Waals surface area (Å²) in [5, 5.41) is 0. The van der Waals surface area contributed by atoms with Crippen molar-refractivity contribution in [2.75, 3.05) is 21.3 Å². The summed E-state index contributed by atoms with van der Waals surface area (Å²) in [5.74, 6) is -0.0707. The van der Waals surface area contributed by atoms with Crippen molar-refractivity contribution in [2.24, 2.45) is 17.3 Å². The highest BCUT2D eigenvalue weighted by Crippen LogP contribution is 2.62. The second kappa shape index (κ2) is 5.41. The molecule has 0 aromatic carbocycles. The summed E-state index contributed by atoms with van der Waals surface area (Å²) in [5.41, 5.74) is -0.0255. The number of ether oxygens (including phenoxy) is 4. The summed E-state index contributed by atoms with van der Waals surface area (Å²) in [6, 6.07) is 0. The van der Waals surface area contributed by atoms with Gasteiger partial charge in [-0.25, -0.2) is 0 Å². The molecule has 2 aliphatic carbocycles. The maximum Gasteiger partial charge on any atom is 0.178 e. The Bertz CT molecular complexity index is 493. The lowest BCUT2D eigenvalue weighted by atomic mass is 9.68. The number of ketones is 1. The number of hydrogen-bond donors (Lipinski definition) is 0. The van der Waals surface area contributed by atoms with Crippen LogP contribution in [-0.4, -0.2) is 45.3 Å². The van der Waals surface area contributed by atoms with E-state index in [0.29, 0.717) is 0 Å². The van der Waals surface area contributed by atoms with Crippen LogP contribution in [0.4, 0.5) is 0 Å². The summed E-state index contributed by atoms with van der Waals surface area (Å²) in [6.45, 7) is 3.97. The van der Waals surface area contributed by atoms with Crippen molar-refractivity contribution in [1.82, 2.24) is 0 Å². The maximum absolute atomic E-state index is 13.1. The Kier molecular flexibility index (Phi) is 3.96. The van der Waals surface area contributed by atoms with Crippen molar-refractivity contribution in [2.45, 2.75) is 51.3 Å². The summed E-state index contributed by atoms with van der Waals surface area (Å²) in [6.07, 6.45) is 3.96. The molecule has 0 radical (unpaired) electrons. The average Bonchev–Trinajstić information content (AvgIpc) is 2.96. The van der Waals surface area contributed by atoms with Gasteiger partial charge in [0.1, 0.15) is 11.4 Å². The lowest BCUT2D eigenvalue weighted by Crippen LogP contribution is -2.52. The third-order valence-corrected chi connectivity index (χ3v) is 5.77. The van der Waals surface area contributed by atoms with Gasteiger partial charge in [0.05, 0.1) is 11.8 Å². The number of carbonyl (C=O) groups is 1. The van der Waals surface area contributed by atoms with Crippen molar-refractivity contribution < 1.29 is 23.7 Å². The zero-order valence-electron chi connectivity index (χ0n) is 14.0. The van der Waals surface area contributed by atoms with Crippen molar-refractivity contribution in [3.63, 3.8) is 0 Å². The second-order valence-corrected chi connectivity index (χ2v) is 7.06. The van der Waals surface area contributed by atoms with E-state index in [-0.39, 0.29) is 17.6 Å². The Morgan fingerprint density at radius 1 is 1.27 bits per heavy atom. The molecule has 1 spiro atoms. The smallest absolute Gasteiger partial charge is 0.178 e. The molecular weight excluding hydrogens is 284 g/mol. The van der Waals surface area contributed by atoms with E-state index in [1.165, 1.54) is 5.57 Å². The van der Waals surface area contributed by atoms with Gasteiger partial charge < -0.3 is 18.9 Å². The van der Waals surface area contributed by atoms with E-state index >= 15 is 0 Å². The van der Waals surface area contributed by atoms with E-state index in [4.69, 9.17) is 18.9 Å². The Morgan fingerprint density at radius 2 is 1.95 bits per heavy atom. The molecule has 3 rings (SSSR count). The highest BCUT2D eigenvalue weighted by Gasteiger charge is 2.71. The summed E-state index contributed by atoms with van der Waals surface area (Å²) in [7, 11) is 4.87. The number of carbonyl (C=O) groups excluding carboxylic acids is 1. The minimum absolute atomic E-state index is 0.138. The molecule has 2 saturated carbocycles. The van der Waals surface area contributed by atoms with Gasteiger partial charge in [-0.05, 0) is 30.9 Å². The minimum atomic E-state index is -0.643. The van der Waals surface area contributed by atoms with Gasteiger partial charge in [0.25, 0.3) is 0 Å². The van der Waals surface area contributed by atoms with Crippen LogP contribution in [0.5, 0.6) is 0 Å². The fourth-order valence-electron chi connectivity index (χ4n) is 4.87. The van der Waals surface area contributed by atoms with Crippen molar-refractivity contribution >= 4 is 5.78 Å². The first-order valence-corrected chi connectivity index (χ1v) is 7.95. The SMILES string of the molecule is COC1C=C2CCCC3C(=O)C(C)(C)C(C(OC)OC)C23O1. The Hall–Kier alpha value is -0.750. The molecule has 22 heavy (non-hydrogen) atoms. The zero-order valence-corrected chi connectivity index (χ0v) is 14.0. The van der Waals surface area contributed by atoms with Crippen molar-refractivity contribution in [3.05, 3.63) is 11.6 Å². The van der Waals surface area contributed by atoms with E-state index in [2.05, 4.69) is 0 Å². The van der Waals surface area contributed by atoms with Crippen LogP contribution in [0.2, 0.25) is 0 Å². The molecule has 4 atom stereocenters. The van der Waals surface area contributed by atoms with Gasteiger partial charge in [-0.3, -0.25) is 4.79 Å². The van der Waals surface area contributed by atoms with Gasteiger partial charge in [0, 0.05) is 26.7 Å². The zero-order chi connectivity index (χ0) is 16.1. The molecule has 0 N–H and O–H groups in total. The van der Waals surface area contributed by atoms with Crippen LogP contribution in [0, 0.1) is 17.3 Å². The van der Waals surface area contributed by atoms with E-state index in [9.17, 15) is 4.79 Å². The van der Waals surface area contributed by atoms with Crippen LogP contribution < -0.4 is 0 Å². The third kappa shape index (κ3) is 1.89. The van der Waals surface area contributed by atoms with E-state index in [1.54, 1.807) is 21.3 Å². The predicted octanol–water partition coefficient (Wildman–Crippen LogP) is 2.30. The summed E-state index contributed by atoms with van der Waals surface area (Å²) in [4.78, 5) is 13.1. The van der Waals surface area contributed by atoms with E-state index in [0.717, 1.165) is 19.3 Å². The fourth-order valence-corrected chi connectivity index (χ4v) is 4.87. The van der Waals surface area contributed by atoms with E-state index in [1.807, 2.05) is 19.9 Å². The van der Waals surface area contributed by atoms with Crippen LogP contribution in [0.3, 0.4) is 0 Å². The van der Waals surface area contributed by atoms with Crippen LogP contribution in [0.15, 0.2) is 11.6 Å². The molecule has 0 saturated heterocycles. The van der Waals surface area contributed by atoms with Crippen LogP contribution in [-0.2, 0) is 23.7 Å². The molecule has 5 nitrogen and oxygen atoms in total. The lowest BCUT2D eigenvalue weighted by molar-refractivity contribution is -0.236. The lowest BCUT2D eigenvalue weighted by Gasteiger charge is -2.45. The van der Waals surface area contributed by atoms with Gasteiger partial charge in [-0.1, -0.05) is 13.8 Å². The molecule has 5 heteroatoms. The molecule has 0 aromatic heterocycles. The maximum atomic E-state index is 13.1. The third-order valence-electron chi connectivity index (χ3n) is 5.77. The van der Waals surface area contributed by atoms with Crippen LogP contribution >= 0.6 is 0 Å². The molecule has 2 fully saturated rings. The molecule has 1 heterocycles. The van der Waals surface area contributed by atoms with Crippen LogP contribution in [0.1, 0.15) is 33.1 Å². The first-order chi connectivity index (χ1) is 10.4. The summed E-state index contributed by atoms with van der Waals surface area (Å²) >= 11 is 0. The molecule has 0 amide bonds. The molecule has 1 aliphatic heterocycles. The van der Waals surface area contributed by atoms with Gasteiger partial charge in [0.2, 0.25) is 0 Å². The van der Waals surface area contributed by atoms with Gasteiger partial charge in [-0.2, -0.15) is 0 Å². The van der Waals surface area contributed by atoms with Crippen molar-refractivity contribution in [3.8, 4) is 0 Å². The van der Waals surface area contributed by atoms with Crippen molar-refractivity contribution in [1.29, 1.82) is 0 Å². The normalized spacial score (nSPS) is 39.8. The highest BCUT2D eigenvalue weighted by atomic mass is 16.7. The van der Waals surface area contributed by atoms with Gasteiger partial charge in [0.15, 0.2) is 12.6 Å². The van der Waals surface area contributed by atoms with Gasteiger partial charge in [-0.15, -0.1) is 0 Å². The Balaban J connectivity index is 2.13. The molecule has 4 unspecified atom stereocenters. The molecule has 0 bridgehead atoms. The molecule has 124 valence electrons. The second-order valence-electron chi connectivity index (χ2n) is 7.06. The number of rotatable bonds is 4. The number of Topliss-reactive ketones (excluding diaryl/α,β-unsaturated/α-hetero) is 1. The minimum Gasteiger partial charge on any atom is -0.355 e. The monoisotopic (exact) mass is 310 g/mol. The van der Waals surface area contributed by atoms with Crippen LogP contribution in [0.25, 0.3) is 0 Å². The molecule has 3 aliphatic rings. The summed E-state index contributed by atoms with van der Waals surface area (Å²) < 4.78 is 22.9. The Morgan fingerprint density at radius 3 is 2.55 bits per heavy atom. The number of hydrogen-bond acceptors (Lipinski definition) is 5. The molecular formula is C17H26O5. The topological polar surface area (TPSA) is 54.0 Å². The predicted molar refractivity (Wildman–Crippen MR) is 80.1 cm³/mol. The molecule has 0 aromatic rings. The van der Waals surface area contributed by atoms with E-state index < -0.39 is 23.6 Å². The largest absolute Gasteiger partial charge is 0.355 e. The fraction of sp³-hybridized carbons (Fsp3) is 0.824. The average molecular weight is 310 g/mol. The Labute approximate surface area is 131 Å². The van der Waals surface area contributed by atoms with Gasteiger partial charge >= 0.3 is 0 Å². The first-order valence-electron chi connectivity index (χ1n) is 7.95. The highest BCUT2D eigenvalue weighted by molar-refractivity contribution is 5.92. The quantitative estimate of drug-likeness (QED) is 0.589. The standard InChI is InChI=1S/C17H26O5/c1-16(2)13(15(20-4)21-5)17-10(9-12(19-3)22-17)7-6-8-11(17)14(16)18/h9,11-13,15H,6-8H2,1-5H3.